The molecule has 1 aliphatic rings. The minimum atomic E-state index is -0.171. The van der Waals surface area contributed by atoms with E-state index in [1.807, 2.05) is 30.9 Å². The van der Waals surface area contributed by atoms with Gasteiger partial charge in [-0.1, -0.05) is 39.8 Å². The lowest BCUT2D eigenvalue weighted by Gasteiger charge is -2.37. The Morgan fingerprint density at radius 2 is 1.88 bits per heavy atom. The van der Waals surface area contributed by atoms with E-state index in [9.17, 15) is 9.59 Å². The first kappa shape index (κ1) is 25.2. The average molecular weight is 473 g/mol. The zero-order chi connectivity index (χ0) is 24.0. The molecular weight excluding hydrogens is 436 g/mol. The zero-order valence-corrected chi connectivity index (χ0v) is 21.2. The van der Waals surface area contributed by atoms with Gasteiger partial charge in [-0.15, -0.1) is 11.3 Å². The van der Waals surface area contributed by atoms with Crippen LogP contribution in [0.15, 0.2) is 35.7 Å². The minimum absolute atomic E-state index is 0.0202. The Balaban J connectivity index is 1.74. The van der Waals surface area contributed by atoms with Gasteiger partial charge in [0.1, 0.15) is 19.0 Å². The van der Waals surface area contributed by atoms with Gasteiger partial charge >= 0.3 is 0 Å². The van der Waals surface area contributed by atoms with Crippen molar-refractivity contribution in [2.75, 3.05) is 40.0 Å². The summed E-state index contributed by atoms with van der Waals surface area (Å²) >= 11 is 1.73. The summed E-state index contributed by atoms with van der Waals surface area (Å²) in [5.41, 5.74) is 2.42. The molecule has 7 heteroatoms. The van der Waals surface area contributed by atoms with Gasteiger partial charge in [0.25, 0.3) is 0 Å². The van der Waals surface area contributed by atoms with E-state index in [1.54, 1.807) is 16.2 Å². The third kappa shape index (κ3) is 6.58. The number of fused-ring (bicyclic) bond motifs is 1. The van der Waals surface area contributed by atoms with Crippen molar-refractivity contribution in [1.29, 1.82) is 0 Å². The number of methoxy groups -OCH3 is 1. The van der Waals surface area contributed by atoms with Gasteiger partial charge in [-0.05, 0) is 53.0 Å². The van der Waals surface area contributed by atoms with Crippen molar-refractivity contribution in [1.82, 2.24) is 9.80 Å². The van der Waals surface area contributed by atoms with Crippen LogP contribution in [0.4, 0.5) is 0 Å². The number of hydrogen-bond donors (Lipinski definition) is 0. The summed E-state index contributed by atoms with van der Waals surface area (Å²) in [4.78, 5) is 30.7. The van der Waals surface area contributed by atoms with Crippen molar-refractivity contribution >= 4 is 23.2 Å². The largest absolute Gasteiger partial charge is 0.491 e. The number of amides is 2. The van der Waals surface area contributed by atoms with Crippen LogP contribution >= 0.6 is 11.3 Å². The lowest BCUT2D eigenvalue weighted by molar-refractivity contribution is -0.145. The Hall–Kier alpha value is -2.38. The van der Waals surface area contributed by atoms with Crippen LogP contribution in [-0.2, 0) is 20.7 Å². The molecule has 1 unspecified atom stereocenters. The highest BCUT2D eigenvalue weighted by atomic mass is 32.1. The van der Waals surface area contributed by atoms with E-state index in [1.165, 1.54) is 17.6 Å². The predicted molar refractivity (Wildman–Crippen MR) is 132 cm³/mol. The summed E-state index contributed by atoms with van der Waals surface area (Å²) in [5.74, 6) is 1.31. The van der Waals surface area contributed by atoms with E-state index < -0.39 is 0 Å². The summed E-state index contributed by atoms with van der Waals surface area (Å²) in [5, 5.41) is 2.08. The van der Waals surface area contributed by atoms with Crippen LogP contribution in [0.3, 0.4) is 0 Å². The smallest absolute Gasteiger partial charge is 0.249 e. The molecule has 0 saturated heterocycles. The maximum atomic E-state index is 13.4. The van der Waals surface area contributed by atoms with Crippen LogP contribution in [0.25, 0.3) is 0 Å². The third-order valence-electron chi connectivity index (χ3n) is 5.90. The molecule has 6 nitrogen and oxygen atoms in total. The van der Waals surface area contributed by atoms with E-state index in [4.69, 9.17) is 9.47 Å². The fraction of sp³-hybridized carbons (Fsp3) is 0.538. The van der Waals surface area contributed by atoms with Gasteiger partial charge in [0.2, 0.25) is 11.8 Å². The molecule has 1 aromatic carbocycles. The molecule has 2 amide bonds. The first-order chi connectivity index (χ1) is 15.8. The normalized spacial score (nSPS) is 15.6. The molecule has 3 rings (SSSR count). The van der Waals surface area contributed by atoms with Gasteiger partial charge in [0.15, 0.2) is 0 Å². The van der Waals surface area contributed by atoms with E-state index in [-0.39, 0.29) is 36.9 Å². The number of rotatable bonds is 10. The fourth-order valence-electron chi connectivity index (χ4n) is 4.16. The van der Waals surface area contributed by atoms with Gasteiger partial charge in [0, 0.05) is 25.1 Å². The average Bonchev–Trinajstić information content (AvgIpc) is 3.26. The Morgan fingerprint density at radius 3 is 2.52 bits per heavy atom. The molecule has 0 radical (unpaired) electrons. The molecule has 0 N–H and O–H groups in total. The summed E-state index contributed by atoms with van der Waals surface area (Å²) < 4.78 is 11.2. The van der Waals surface area contributed by atoms with Crippen LogP contribution in [0.5, 0.6) is 5.75 Å². The van der Waals surface area contributed by atoms with Gasteiger partial charge in [-0.3, -0.25) is 9.59 Å². The van der Waals surface area contributed by atoms with Crippen molar-refractivity contribution in [3.63, 3.8) is 0 Å². The molecule has 0 fully saturated rings. The summed E-state index contributed by atoms with van der Waals surface area (Å²) in [6.45, 7) is 9.97. The summed E-state index contributed by atoms with van der Waals surface area (Å²) in [7, 11) is 1.50. The predicted octanol–water partition coefficient (Wildman–Crippen LogP) is 4.51. The monoisotopic (exact) mass is 472 g/mol. The minimum Gasteiger partial charge on any atom is -0.491 e. The highest BCUT2D eigenvalue weighted by Gasteiger charge is 2.33. The van der Waals surface area contributed by atoms with Crippen LogP contribution in [0, 0.1) is 5.92 Å². The Morgan fingerprint density at radius 1 is 1.15 bits per heavy atom. The molecule has 1 aromatic heterocycles. The topological polar surface area (TPSA) is 59.1 Å². The van der Waals surface area contributed by atoms with Crippen molar-refractivity contribution < 1.29 is 19.1 Å². The summed E-state index contributed by atoms with van der Waals surface area (Å²) in [6, 6.07) is 10.1. The molecule has 0 spiro atoms. The second kappa shape index (κ2) is 11.7. The molecule has 1 atom stereocenters. The Kier molecular flexibility index (Phi) is 8.92. The van der Waals surface area contributed by atoms with Gasteiger partial charge < -0.3 is 19.3 Å². The second-order valence-corrected chi connectivity index (χ2v) is 10.3. The Labute approximate surface area is 201 Å². The Bertz CT molecular complexity index is 923. The highest BCUT2D eigenvalue weighted by molar-refractivity contribution is 7.10. The fourth-order valence-corrected chi connectivity index (χ4v) is 5.09. The molecule has 0 aliphatic carbocycles. The first-order valence-electron chi connectivity index (χ1n) is 11.6. The first-order valence-corrected chi connectivity index (χ1v) is 12.5. The SMILES string of the molecule is COCC(=O)N(CC(=O)N1CCc2sccc2C1COc1ccc(C(C)C)cc1)CC(C)C. The molecule has 2 aromatic rings. The van der Waals surface area contributed by atoms with Crippen molar-refractivity contribution in [2.45, 2.75) is 46.1 Å². The van der Waals surface area contributed by atoms with Crippen molar-refractivity contribution in [3.05, 3.63) is 51.7 Å². The third-order valence-corrected chi connectivity index (χ3v) is 6.90. The van der Waals surface area contributed by atoms with E-state index >= 15 is 0 Å². The lowest BCUT2D eigenvalue weighted by atomic mass is 10.00. The number of nitrogens with zero attached hydrogens (tertiary/aromatic N) is 2. The van der Waals surface area contributed by atoms with Gasteiger partial charge in [-0.25, -0.2) is 0 Å². The molecule has 33 heavy (non-hydrogen) atoms. The van der Waals surface area contributed by atoms with Crippen molar-refractivity contribution in [3.8, 4) is 5.75 Å². The quantitative estimate of drug-likeness (QED) is 0.511. The van der Waals surface area contributed by atoms with Crippen LogP contribution in [-0.4, -0.2) is 61.6 Å². The highest BCUT2D eigenvalue weighted by Crippen LogP contribution is 2.34. The molecule has 1 aliphatic heterocycles. The number of benzene rings is 1. The van der Waals surface area contributed by atoms with Gasteiger partial charge in [-0.2, -0.15) is 0 Å². The van der Waals surface area contributed by atoms with E-state index in [0.29, 0.717) is 25.6 Å². The van der Waals surface area contributed by atoms with Crippen LogP contribution in [0.1, 0.15) is 55.7 Å². The van der Waals surface area contributed by atoms with E-state index in [2.05, 4.69) is 37.4 Å². The molecular formula is C26H36N2O4S. The maximum absolute atomic E-state index is 13.4. The van der Waals surface area contributed by atoms with Crippen LogP contribution in [0.2, 0.25) is 0 Å². The number of carbonyl (C=O) groups is 2. The lowest BCUT2D eigenvalue weighted by Crippen LogP contribution is -2.49. The number of ether oxygens (including phenoxy) is 2. The number of thiophene rings is 1. The molecule has 180 valence electrons. The molecule has 2 heterocycles. The zero-order valence-electron chi connectivity index (χ0n) is 20.4. The molecule has 0 saturated carbocycles. The molecule has 0 bridgehead atoms. The van der Waals surface area contributed by atoms with Crippen molar-refractivity contribution in [2.24, 2.45) is 5.92 Å². The maximum Gasteiger partial charge on any atom is 0.249 e. The number of hydrogen-bond acceptors (Lipinski definition) is 5. The summed E-state index contributed by atoms with van der Waals surface area (Å²) in [6.07, 6.45) is 0.828. The van der Waals surface area contributed by atoms with Crippen LogP contribution < -0.4 is 4.74 Å². The second-order valence-electron chi connectivity index (χ2n) is 9.29. The standard InChI is InChI=1S/C26H36N2O4S/c1-18(2)14-27(26(30)17-31-5)15-25(29)28-12-10-24-22(11-13-33-24)23(28)16-32-21-8-6-20(7-9-21)19(3)4/h6-9,11,13,18-19,23H,10,12,14-17H2,1-5H3. The van der Waals surface area contributed by atoms with E-state index in [0.717, 1.165) is 17.7 Å². The van der Waals surface area contributed by atoms with Gasteiger partial charge in [0.05, 0.1) is 12.6 Å². The number of carbonyl (C=O) groups excluding carboxylic acids is 2.